The van der Waals surface area contributed by atoms with Crippen LogP contribution in [0.4, 0.5) is 11.5 Å². The van der Waals surface area contributed by atoms with E-state index in [0.717, 1.165) is 90.3 Å². The maximum atomic E-state index is 13.6. The number of benzene rings is 3. The molecule has 0 aliphatic carbocycles. The zero-order valence-electron chi connectivity index (χ0n) is 33.4. The van der Waals surface area contributed by atoms with Crippen molar-refractivity contribution in [2.24, 2.45) is 0 Å². The van der Waals surface area contributed by atoms with Gasteiger partial charge in [-0.15, -0.1) is 0 Å². The molecule has 13 heteroatoms. The van der Waals surface area contributed by atoms with E-state index in [1.165, 1.54) is 22.3 Å². The van der Waals surface area contributed by atoms with Crippen molar-refractivity contribution >= 4 is 51.8 Å². The Hall–Kier alpha value is -6.47. The predicted molar refractivity (Wildman–Crippen MR) is 225 cm³/mol. The molecule has 3 saturated heterocycles. The molecule has 0 spiro atoms. The summed E-state index contributed by atoms with van der Waals surface area (Å²) in [5, 5.41) is 7.92. The molecule has 304 valence electrons. The van der Waals surface area contributed by atoms with Crippen LogP contribution in [0.15, 0.2) is 79.1 Å². The van der Waals surface area contributed by atoms with E-state index in [9.17, 15) is 24.0 Å². The third-order valence-corrected chi connectivity index (χ3v) is 13.0. The summed E-state index contributed by atoms with van der Waals surface area (Å²) in [5.74, 6) is -0.662. The lowest BCUT2D eigenvalue weighted by Crippen LogP contribution is -2.54. The summed E-state index contributed by atoms with van der Waals surface area (Å²) in [7, 11) is 0. The first-order valence-corrected chi connectivity index (χ1v) is 20.9. The number of hydrogen-bond acceptors (Lipinski definition) is 10. The average Bonchev–Trinajstić information content (AvgIpc) is 3.82. The van der Waals surface area contributed by atoms with E-state index in [-0.39, 0.29) is 35.9 Å². The molecular formula is C47H45N7O6. The van der Waals surface area contributed by atoms with Crippen LogP contribution in [0.2, 0.25) is 0 Å². The lowest BCUT2D eigenvalue weighted by atomic mass is 9.85. The summed E-state index contributed by atoms with van der Waals surface area (Å²) in [6.45, 7) is 5.91. The minimum absolute atomic E-state index is 0.0599. The maximum Gasteiger partial charge on any atom is 0.264 e. The first kappa shape index (κ1) is 37.8. The summed E-state index contributed by atoms with van der Waals surface area (Å²) in [6.07, 6.45) is 7.60. The van der Waals surface area contributed by atoms with Gasteiger partial charge in [-0.3, -0.25) is 39.2 Å². The SMILES string of the molecule is CC(=O)N1Cc2cc(C3CCOCC3)cc(-c3cccc4cc(-c5ccc(N6CCC(Nc7cccc8c7C(=O)N(C7CCC(=O)NC7=O)C8=O)CC6)nc5)ncc34)c2C1. The molecule has 1 unspecified atom stereocenters. The fourth-order valence-corrected chi connectivity index (χ4v) is 9.66. The molecule has 7 heterocycles. The Morgan fingerprint density at radius 3 is 2.38 bits per heavy atom. The summed E-state index contributed by atoms with van der Waals surface area (Å²) in [6, 6.07) is 21.5. The molecule has 13 nitrogen and oxygen atoms in total. The van der Waals surface area contributed by atoms with Gasteiger partial charge in [0, 0.05) is 87.8 Å². The highest BCUT2D eigenvalue weighted by Gasteiger charge is 2.46. The van der Waals surface area contributed by atoms with E-state index in [2.05, 4.69) is 58.0 Å². The Morgan fingerprint density at radius 1 is 0.817 bits per heavy atom. The molecule has 0 radical (unpaired) electrons. The van der Waals surface area contributed by atoms with Crippen LogP contribution in [-0.4, -0.2) is 87.7 Å². The molecule has 3 fully saturated rings. The van der Waals surface area contributed by atoms with Gasteiger partial charge >= 0.3 is 0 Å². The lowest BCUT2D eigenvalue weighted by molar-refractivity contribution is -0.136. The van der Waals surface area contributed by atoms with Gasteiger partial charge in [-0.2, -0.15) is 0 Å². The van der Waals surface area contributed by atoms with Gasteiger partial charge in [0.1, 0.15) is 11.9 Å². The van der Waals surface area contributed by atoms with E-state index in [4.69, 9.17) is 14.7 Å². The van der Waals surface area contributed by atoms with Crippen LogP contribution in [0.25, 0.3) is 33.2 Å². The third kappa shape index (κ3) is 6.76. The van der Waals surface area contributed by atoms with Crippen molar-refractivity contribution in [3.63, 3.8) is 0 Å². The smallest absolute Gasteiger partial charge is 0.264 e. The second kappa shape index (κ2) is 15.3. The minimum atomic E-state index is -1.01. The van der Waals surface area contributed by atoms with Crippen LogP contribution in [-0.2, 0) is 32.2 Å². The molecule has 5 aliphatic heterocycles. The molecule has 5 aliphatic rings. The first-order chi connectivity index (χ1) is 29.2. The van der Waals surface area contributed by atoms with Gasteiger partial charge in [0.2, 0.25) is 17.7 Å². The Bertz CT molecular complexity index is 2600. The number of nitrogens with zero attached hydrogens (tertiary/aromatic N) is 5. The third-order valence-electron chi connectivity index (χ3n) is 13.0. The number of nitrogens with one attached hydrogen (secondary N) is 2. The Morgan fingerprint density at radius 2 is 1.62 bits per heavy atom. The minimum Gasteiger partial charge on any atom is -0.382 e. The van der Waals surface area contributed by atoms with Gasteiger partial charge in [-0.25, -0.2) is 4.98 Å². The average molecular weight is 804 g/mol. The molecule has 0 saturated carbocycles. The number of hydrogen-bond donors (Lipinski definition) is 2. The van der Waals surface area contributed by atoms with Crippen LogP contribution in [0.5, 0.6) is 0 Å². The second-order valence-corrected chi connectivity index (χ2v) is 16.6. The zero-order chi connectivity index (χ0) is 41.1. The van der Waals surface area contributed by atoms with E-state index in [1.807, 2.05) is 23.4 Å². The van der Waals surface area contributed by atoms with Crippen molar-refractivity contribution in [3.05, 3.63) is 107 Å². The molecule has 3 aromatic carbocycles. The van der Waals surface area contributed by atoms with Crippen molar-refractivity contribution in [1.82, 2.24) is 25.1 Å². The summed E-state index contributed by atoms with van der Waals surface area (Å²) in [4.78, 5) is 78.6. The number of fused-ring (bicyclic) bond motifs is 3. The maximum absolute atomic E-state index is 13.6. The van der Waals surface area contributed by atoms with Crippen molar-refractivity contribution < 1.29 is 28.7 Å². The van der Waals surface area contributed by atoms with Crippen LogP contribution >= 0.6 is 0 Å². The number of carbonyl (C=O) groups is 5. The van der Waals surface area contributed by atoms with Crippen LogP contribution in [0.1, 0.15) is 88.8 Å². The molecule has 5 amide bonds. The first-order valence-electron chi connectivity index (χ1n) is 20.9. The number of piperidine rings is 2. The molecular weight excluding hydrogens is 759 g/mol. The highest BCUT2D eigenvalue weighted by Crippen LogP contribution is 2.41. The highest BCUT2D eigenvalue weighted by atomic mass is 16.5. The molecule has 60 heavy (non-hydrogen) atoms. The fraction of sp³-hybridized carbons (Fsp3) is 0.340. The Balaban J connectivity index is 0.830. The molecule has 2 N–H and O–H groups in total. The van der Waals surface area contributed by atoms with Gasteiger partial charge in [-0.1, -0.05) is 36.4 Å². The van der Waals surface area contributed by atoms with Crippen molar-refractivity contribution in [1.29, 1.82) is 0 Å². The van der Waals surface area contributed by atoms with E-state index in [0.29, 0.717) is 24.7 Å². The van der Waals surface area contributed by atoms with E-state index >= 15 is 0 Å². The normalized spacial score (nSPS) is 19.8. The van der Waals surface area contributed by atoms with Crippen molar-refractivity contribution in [2.75, 3.05) is 36.5 Å². The van der Waals surface area contributed by atoms with Gasteiger partial charge < -0.3 is 19.9 Å². The standard InChI is InChI=1S/C47H45N7O6/c1-27(55)53-25-32-20-31(28-14-18-60-19-15-28)21-36(38(32)26-53)34-5-2-4-29-22-40(48-24-37(29)34)30-8-10-42(49-23-30)52-16-12-33(13-17-52)50-39-7-3-6-35-44(39)47(59)54(46(35)58)41-9-11-43(56)51-45(41)57/h2-8,10,20-24,28,33,41,50H,9,11-19,25-26H2,1H3,(H,51,56,57). The van der Waals surface area contributed by atoms with Gasteiger partial charge in [0.15, 0.2) is 0 Å². The number of aromatic nitrogens is 2. The number of imide groups is 2. The van der Waals surface area contributed by atoms with Crippen molar-refractivity contribution in [2.45, 2.75) is 76.5 Å². The molecule has 2 aromatic heterocycles. The Labute approximate surface area is 347 Å². The number of ether oxygens (including phenoxy) is 1. The van der Waals surface area contributed by atoms with E-state index < -0.39 is 29.7 Å². The number of carbonyl (C=O) groups excluding carboxylic acids is 5. The highest BCUT2D eigenvalue weighted by molar-refractivity contribution is 6.25. The Kier molecular flexibility index (Phi) is 9.62. The van der Waals surface area contributed by atoms with Gasteiger partial charge in [-0.05, 0) is 102 Å². The van der Waals surface area contributed by atoms with Crippen molar-refractivity contribution in [3.8, 4) is 22.4 Å². The fourth-order valence-electron chi connectivity index (χ4n) is 9.66. The van der Waals surface area contributed by atoms with Crippen LogP contribution in [0, 0.1) is 0 Å². The van der Waals surface area contributed by atoms with Gasteiger partial charge in [0.05, 0.1) is 16.8 Å². The predicted octanol–water partition coefficient (Wildman–Crippen LogP) is 6.20. The quantitative estimate of drug-likeness (QED) is 0.182. The number of pyridine rings is 2. The number of anilines is 2. The summed E-state index contributed by atoms with van der Waals surface area (Å²) in [5.41, 5.74) is 8.93. The zero-order valence-corrected chi connectivity index (χ0v) is 33.4. The number of amides is 5. The lowest BCUT2D eigenvalue weighted by Gasteiger charge is -2.34. The second-order valence-electron chi connectivity index (χ2n) is 16.6. The number of rotatable bonds is 7. The topological polar surface area (TPSA) is 154 Å². The summed E-state index contributed by atoms with van der Waals surface area (Å²) >= 11 is 0. The van der Waals surface area contributed by atoms with Gasteiger partial charge in [0.25, 0.3) is 11.8 Å². The van der Waals surface area contributed by atoms with Crippen LogP contribution in [0.3, 0.4) is 0 Å². The molecule has 1 atom stereocenters. The molecule has 5 aromatic rings. The molecule has 10 rings (SSSR count). The molecule has 0 bridgehead atoms. The van der Waals surface area contributed by atoms with Crippen LogP contribution < -0.4 is 15.5 Å². The monoisotopic (exact) mass is 803 g/mol. The summed E-state index contributed by atoms with van der Waals surface area (Å²) < 4.78 is 5.68. The largest absolute Gasteiger partial charge is 0.382 e. The van der Waals surface area contributed by atoms with E-state index in [1.54, 1.807) is 25.1 Å².